The summed E-state index contributed by atoms with van der Waals surface area (Å²) in [4.78, 5) is 2.37. The van der Waals surface area contributed by atoms with Gasteiger partial charge < -0.3 is 16.0 Å². The molecular weight excluding hydrogens is 210 g/mol. The van der Waals surface area contributed by atoms with Gasteiger partial charge in [0.05, 0.1) is 5.54 Å². The molecule has 1 aromatic rings. The summed E-state index contributed by atoms with van der Waals surface area (Å²) in [6.07, 6.45) is 2.24. The van der Waals surface area contributed by atoms with E-state index in [1.807, 2.05) is 0 Å². The molecule has 1 aromatic carbocycles. The number of benzene rings is 1. The molecule has 1 aliphatic heterocycles. The summed E-state index contributed by atoms with van der Waals surface area (Å²) in [6.45, 7) is 5.09. The lowest BCUT2D eigenvalue weighted by Gasteiger charge is -2.41. The van der Waals surface area contributed by atoms with Crippen molar-refractivity contribution in [1.29, 1.82) is 0 Å². The molecule has 0 amide bonds. The van der Waals surface area contributed by atoms with Gasteiger partial charge in [0.2, 0.25) is 0 Å². The predicted molar refractivity (Wildman–Crippen MR) is 73.3 cm³/mol. The van der Waals surface area contributed by atoms with Crippen LogP contribution in [0.5, 0.6) is 0 Å². The van der Waals surface area contributed by atoms with Gasteiger partial charge in [0.15, 0.2) is 0 Å². The molecule has 0 radical (unpaired) electrons. The van der Waals surface area contributed by atoms with E-state index in [1.54, 1.807) is 0 Å². The largest absolute Gasteiger partial charge is 0.378 e. The number of hydrogen-bond acceptors (Lipinski definition) is 3. The molecule has 3 heteroatoms. The molecule has 3 nitrogen and oxygen atoms in total. The van der Waals surface area contributed by atoms with Crippen LogP contribution >= 0.6 is 0 Å². The van der Waals surface area contributed by atoms with Crippen molar-refractivity contribution < 1.29 is 0 Å². The van der Waals surface area contributed by atoms with Crippen molar-refractivity contribution in [3.8, 4) is 0 Å². The van der Waals surface area contributed by atoms with E-state index in [9.17, 15) is 0 Å². The van der Waals surface area contributed by atoms with Crippen LogP contribution in [0, 0.1) is 6.92 Å². The topological polar surface area (TPSA) is 41.3 Å². The van der Waals surface area contributed by atoms with Crippen LogP contribution in [-0.2, 0) is 0 Å². The number of nitrogens with one attached hydrogen (secondary N) is 1. The molecule has 0 spiro atoms. The van der Waals surface area contributed by atoms with Gasteiger partial charge in [-0.15, -0.1) is 0 Å². The van der Waals surface area contributed by atoms with Crippen molar-refractivity contribution >= 4 is 5.69 Å². The van der Waals surface area contributed by atoms with Crippen LogP contribution < -0.4 is 11.1 Å². The highest BCUT2D eigenvalue weighted by atomic mass is 15.1. The van der Waals surface area contributed by atoms with Crippen LogP contribution in [0.15, 0.2) is 24.3 Å². The molecule has 1 fully saturated rings. The standard InChI is InChI=1S/C14H23N3/c1-12-5-3-4-6-13(12)16-14(11-15)7-9-17(2)10-8-14/h3-6,16H,7-11,15H2,1-2H3. The SMILES string of the molecule is Cc1ccccc1NC1(CN)CCN(C)CC1. The summed E-state index contributed by atoms with van der Waals surface area (Å²) in [5.74, 6) is 0. The maximum absolute atomic E-state index is 6.00. The molecule has 0 bridgehead atoms. The minimum absolute atomic E-state index is 0.0820. The summed E-state index contributed by atoms with van der Waals surface area (Å²) < 4.78 is 0. The third-order valence-electron chi connectivity index (χ3n) is 3.88. The molecule has 0 aliphatic carbocycles. The van der Waals surface area contributed by atoms with Gasteiger partial charge in [-0.1, -0.05) is 18.2 Å². The smallest absolute Gasteiger partial charge is 0.0520 e. The molecule has 3 N–H and O–H groups in total. The number of nitrogens with zero attached hydrogens (tertiary/aromatic N) is 1. The fourth-order valence-electron chi connectivity index (χ4n) is 2.43. The van der Waals surface area contributed by atoms with Crippen molar-refractivity contribution in [1.82, 2.24) is 4.90 Å². The maximum Gasteiger partial charge on any atom is 0.0520 e. The molecule has 0 saturated carbocycles. The Balaban J connectivity index is 2.12. The Morgan fingerprint density at radius 1 is 1.29 bits per heavy atom. The molecule has 0 unspecified atom stereocenters. The zero-order valence-electron chi connectivity index (χ0n) is 10.9. The quantitative estimate of drug-likeness (QED) is 0.837. The van der Waals surface area contributed by atoms with E-state index in [-0.39, 0.29) is 5.54 Å². The van der Waals surface area contributed by atoms with Gasteiger partial charge in [-0.3, -0.25) is 0 Å². The van der Waals surface area contributed by atoms with Gasteiger partial charge in [0, 0.05) is 25.3 Å². The van der Waals surface area contributed by atoms with E-state index in [2.05, 4.69) is 48.5 Å². The Hall–Kier alpha value is -1.06. The van der Waals surface area contributed by atoms with Crippen LogP contribution in [0.1, 0.15) is 18.4 Å². The van der Waals surface area contributed by atoms with Crippen LogP contribution in [0.3, 0.4) is 0 Å². The van der Waals surface area contributed by atoms with Gasteiger partial charge in [0.25, 0.3) is 0 Å². The van der Waals surface area contributed by atoms with Gasteiger partial charge in [-0.2, -0.15) is 0 Å². The lowest BCUT2D eigenvalue weighted by molar-refractivity contribution is 0.209. The minimum atomic E-state index is 0.0820. The highest BCUT2D eigenvalue weighted by molar-refractivity contribution is 5.52. The van der Waals surface area contributed by atoms with E-state index >= 15 is 0 Å². The first-order chi connectivity index (χ1) is 8.15. The molecular formula is C14H23N3. The number of aryl methyl sites for hydroxylation is 1. The molecule has 2 rings (SSSR count). The molecule has 17 heavy (non-hydrogen) atoms. The third kappa shape index (κ3) is 2.79. The Morgan fingerprint density at radius 3 is 2.53 bits per heavy atom. The number of rotatable bonds is 3. The van der Waals surface area contributed by atoms with E-state index in [4.69, 9.17) is 5.73 Å². The van der Waals surface area contributed by atoms with Gasteiger partial charge in [0.1, 0.15) is 0 Å². The van der Waals surface area contributed by atoms with Crippen molar-refractivity contribution in [2.45, 2.75) is 25.3 Å². The van der Waals surface area contributed by atoms with Crippen molar-refractivity contribution in [3.05, 3.63) is 29.8 Å². The summed E-state index contributed by atoms with van der Waals surface area (Å²) in [7, 11) is 2.17. The average molecular weight is 233 g/mol. The van der Waals surface area contributed by atoms with E-state index in [0.29, 0.717) is 6.54 Å². The highest BCUT2D eigenvalue weighted by Crippen LogP contribution is 2.27. The Kier molecular flexibility index (Phi) is 3.69. The van der Waals surface area contributed by atoms with E-state index in [1.165, 1.54) is 11.3 Å². The fourth-order valence-corrected chi connectivity index (χ4v) is 2.43. The van der Waals surface area contributed by atoms with Crippen LogP contribution in [0.4, 0.5) is 5.69 Å². The number of nitrogens with two attached hydrogens (primary N) is 1. The summed E-state index contributed by atoms with van der Waals surface area (Å²) in [5.41, 5.74) is 8.60. The fraction of sp³-hybridized carbons (Fsp3) is 0.571. The third-order valence-corrected chi connectivity index (χ3v) is 3.88. The van der Waals surface area contributed by atoms with Gasteiger partial charge >= 0.3 is 0 Å². The monoisotopic (exact) mass is 233 g/mol. The van der Waals surface area contributed by atoms with Gasteiger partial charge in [-0.25, -0.2) is 0 Å². The predicted octanol–water partition coefficient (Wildman–Crippen LogP) is 1.83. The van der Waals surface area contributed by atoms with Crippen molar-refractivity contribution in [2.24, 2.45) is 5.73 Å². The van der Waals surface area contributed by atoms with Crippen LogP contribution in [0.25, 0.3) is 0 Å². The molecule has 94 valence electrons. The zero-order chi connectivity index (χ0) is 12.3. The summed E-state index contributed by atoms with van der Waals surface area (Å²) in [6, 6.07) is 8.44. The second kappa shape index (κ2) is 5.07. The second-order valence-corrected chi connectivity index (χ2v) is 5.23. The first-order valence-electron chi connectivity index (χ1n) is 6.38. The average Bonchev–Trinajstić information content (AvgIpc) is 2.35. The van der Waals surface area contributed by atoms with Crippen molar-refractivity contribution in [3.63, 3.8) is 0 Å². The Morgan fingerprint density at radius 2 is 1.94 bits per heavy atom. The number of para-hydroxylation sites is 1. The number of anilines is 1. The summed E-state index contributed by atoms with van der Waals surface area (Å²) in [5, 5.41) is 3.68. The van der Waals surface area contributed by atoms with Crippen molar-refractivity contribution in [2.75, 3.05) is 32.0 Å². The summed E-state index contributed by atoms with van der Waals surface area (Å²) >= 11 is 0. The normalized spacial score (nSPS) is 20.2. The minimum Gasteiger partial charge on any atom is -0.378 e. The zero-order valence-corrected chi connectivity index (χ0v) is 10.9. The van der Waals surface area contributed by atoms with Crippen LogP contribution in [-0.4, -0.2) is 37.1 Å². The Bertz CT molecular complexity index is 367. The van der Waals surface area contributed by atoms with E-state index < -0.39 is 0 Å². The number of piperidine rings is 1. The maximum atomic E-state index is 6.00. The lowest BCUT2D eigenvalue weighted by Crippen LogP contribution is -2.53. The molecule has 0 atom stereocenters. The molecule has 1 saturated heterocycles. The molecule has 0 aromatic heterocycles. The van der Waals surface area contributed by atoms with Crippen LogP contribution in [0.2, 0.25) is 0 Å². The number of likely N-dealkylation sites (tertiary alicyclic amines) is 1. The van der Waals surface area contributed by atoms with E-state index in [0.717, 1.165) is 25.9 Å². The molecule has 1 heterocycles. The second-order valence-electron chi connectivity index (χ2n) is 5.23. The highest BCUT2D eigenvalue weighted by Gasteiger charge is 2.32. The first-order valence-corrected chi connectivity index (χ1v) is 6.38. The number of hydrogen-bond donors (Lipinski definition) is 2. The first kappa shape index (κ1) is 12.4. The van der Waals surface area contributed by atoms with Gasteiger partial charge in [-0.05, 0) is 38.4 Å². The molecule has 1 aliphatic rings. The lowest BCUT2D eigenvalue weighted by atomic mass is 9.87. The Labute approximate surface area is 104 Å².